The van der Waals surface area contributed by atoms with E-state index in [1.165, 1.54) is 4.90 Å². The van der Waals surface area contributed by atoms with Gasteiger partial charge in [-0.1, -0.05) is 42.3 Å². The van der Waals surface area contributed by atoms with E-state index in [0.29, 0.717) is 52.4 Å². The number of hydrogen-bond acceptors (Lipinski definition) is 5. The van der Waals surface area contributed by atoms with Crippen LogP contribution in [-0.4, -0.2) is 29.2 Å². The third kappa shape index (κ3) is 6.14. The van der Waals surface area contributed by atoms with Crippen molar-refractivity contribution in [2.24, 2.45) is 0 Å². The van der Waals surface area contributed by atoms with Crippen LogP contribution in [0.3, 0.4) is 0 Å². The maximum Gasteiger partial charge on any atom is 0.293 e. The van der Waals surface area contributed by atoms with Gasteiger partial charge in [0.25, 0.3) is 11.1 Å². The zero-order valence-corrected chi connectivity index (χ0v) is 20.9. The molecule has 0 bridgehead atoms. The molecule has 0 spiro atoms. The Bertz CT molecular complexity index is 1100. The summed E-state index contributed by atoms with van der Waals surface area (Å²) in [5, 5.41) is 0.827. The predicted octanol–water partition coefficient (Wildman–Crippen LogP) is 7.15. The molecule has 2 aromatic rings. The highest BCUT2D eigenvalue weighted by atomic mass is 35.5. The summed E-state index contributed by atoms with van der Waals surface area (Å²) in [6.45, 7) is 8.73. The Kier molecular flexibility index (Phi) is 8.89. The molecule has 0 aromatic heterocycles. The molecular formula is C25H25Cl2NO4S. The summed E-state index contributed by atoms with van der Waals surface area (Å²) >= 11 is 13.2. The summed E-state index contributed by atoms with van der Waals surface area (Å²) in [6, 6.07) is 8.97. The second-order valence-corrected chi connectivity index (χ2v) is 9.13. The fraction of sp³-hybridized carbons (Fsp3) is 0.280. The van der Waals surface area contributed by atoms with E-state index in [1.54, 1.807) is 24.3 Å². The van der Waals surface area contributed by atoms with Gasteiger partial charge in [0.05, 0.1) is 11.5 Å². The van der Waals surface area contributed by atoms with Gasteiger partial charge in [-0.05, 0) is 67.4 Å². The van der Waals surface area contributed by atoms with E-state index in [2.05, 4.69) is 6.58 Å². The minimum Gasteiger partial charge on any atom is -0.490 e. The minimum absolute atomic E-state index is 0.232. The van der Waals surface area contributed by atoms with E-state index < -0.39 is 0 Å². The Morgan fingerprint density at radius 3 is 2.55 bits per heavy atom. The highest BCUT2D eigenvalue weighted by molar-refractivity contribution is 8.18. The van der Waals surface area contributed by atoms with Gasteiger partial charge in [0.2, 0.25) is 0 Å². The number of allylic oxidation sites excluding steroid dienone is 1. The minimum atomic E-state index is -0.271. The van der Waals surface area contributed by atoms with E-state index in [1.807, 2.05) is 32.0 Å². The lowest BCUT2D eigenvalue weighted by molar-refractivity contribution is -0.122. The number of rotatable bonds is 10. The molecule has 0 aliphatic carbocycles. The predicted molar refractivity (Wildman–Crippen MR) is 135 cm³/mol. The molecule has 0 N–H and O–H groups in total. The molecule has 2 amide bonds. The average molecular weight is 506 g/mol. The molecule has 1 heterocycles. The van der Waals surface area contributed by atoms with Gasteiger partial charge in [0, 0.05) is 27.7 Å². The van der Waals surface area contributed by atoms with Gasteiger partial charge in [0.15, 0.2) is 11.5 Å². The Labute approximate surface area is 208 Å². The highest BCUT2D eigenvalue weighted by Crippen LogP contribution is 2.38. The molecule has 5 nitrogen and oxygen atoms in total. The number of hydrogen-bond donors (Lipinski definition) is 0. The van der Waals surface area contributed by atoms with Crippen LogP contribution < -0.4 is 9.47 Å². The van der Waals surface area contributed by atoms with Gasteiger partial charge in [0.1, 0.15) is 6.61 Å². The summed E-state index contributed by atoms with van der Waals surface area (Å²) in [6.07, 6.45) is 4.73. The quantitative estimate of drug-likeness (QED) is 0.253. The zero-order chi connectivity index (χ0) is 24.0. The van der Waals surface area contributed by atoms with Crippen LogP contribution in [0, 0.1) is 0 Å². The van der Waals surface area contributed by atoms with Crippen molar-refractivity contribution in [2.75, 3.05) is 13.2 Å². The standard InChI is InChI=1S/C25H25Cl2NO4S/c1-4-7-17-11-16(13-22-24(29)28(10-5-2)25(30)33-22)12-21(31-6-3)23(17)32-15-18-8-9-19(26)14-20(18)27/h4,8-9,11-14H,1,5-7,10,15H2,2-3H3/b22-13+. The molecule has 3 rings (SSSR count). The third-order valence-corrected chi connectivity index (χ3v) is 6.32. The van der Waals surface area contributed by atoms with Crippen LogP contribution >= 0.6 is 35.0 Å². The van der Waals surface area contributed by atoms with E-state index in [0.717, 1.165) is 28.5 Å². The van der Waals surface area contributed by atoms with Gasteiger partial charge in [-0.2, -0.15) is 0 Å². The molecule has 8 heteroatoms. The summed E-state index contributed by atoms with van der Waals surface area (Å²) in [4.78, 5) is 26.5. The first-order valence-corrected chi connectivity index (χ1v) is 12.2. The van der Waals surface area contributed by atoms with Crippen LogP contribution in [0.25, 0.3) is 6.08 Å². The fourth-order valence-corrected chi connectivity index (χ4v) is 4.69. The molecule has 2 aromatic carbocycles. The molecule has 0 unspecified atom stereocenters. The van der Waals surface area contributed by atoms with Crippen molar-refractivity contribution in [3.05, 3.63) is 74.6 Å². The van der Waals surface area contributed by atoms with Gasteiger partial charge in [-0.15, -0.1) is 6.58 Å². The Morgan fingerprint density at radius 1 is 1.09 bits per heavy atom. The van der Waals surface area contributed by atoms with Crippen LogP contribution in [0.1, 0.15) is 37.0 Å². The number of nitrogens with zero attached hydrogens (tertiary/aromatic N) is 1. The Hall–Kier alpha value is -2.41. The zero-order valence-electron chi connectivity index (χ0n) is 18.5. The number of amides is 2. The molecular weight excluding hydrogens is 481 g/mol. The Morgan fingerprint density at radius 2 is 1.88 bits per heavy atom. The summed E-state index contributed by atoms with van der Waals surface area (Å²) in [5.41, 5.74) is 2.39. The van der Waals surface area contributed by atoms with Crippen molar-refractivity contribution < 1.29 is 19.1 Å². The first-order chi connectivity index (χ1) is 15.9. The molecule has 33 heavy (non-hydrogen) atoms. The molecule has 0 radical (unpaired) electrons. The average Bonchev–Trinajstić information content (AvgIpc) is 3.02. The van der Waals surface area contributed by atoms with Crippen LogP contribution in [0.2, 0.25) is 10.0 Å². The number of benzene rings is 2. The fourth-order valence-electron chi connectivity index (χ4n) is 3.36. The molecule has 1 aliphatic rings. The molecule has 174 valence electrons. The first kappa shape index (κ1) is 25.2. The summed E-state index contributed by atoms with van der Waals surface area (Å²) in [5.74, 6) is 0.854. The smallest absolute Gasteiger partial charge is 0.293 e. The summed E-state index contributed by atoms with van der Waals surface area (Å²) < 4.78 is 12.0. The highest BCUT2D eigenvalue weighted by Gasteiger charge is 2.34. The van der Waals surface area contributed by atoms with Crippen molar-refractivity contribution in [3.63, 3.8) is 0 Å². The number of carbonyl (C=O) groups excluding carboxylic acids is 2. The van der Waals surface area contributed by atoms with Gasteiger partial charge in [-0.3, -0.25) is 14.5 Å². The maximum atomic E-state index is 12.6. The number of ether oxygens (including phenoxy) is 2. The topological polar surface area (TPSA) is 55.8 Å². The number of carbonyl (C=O) groups is 2. The largest absolute Gasteiger partial charge is 0.490 e. The molecule has 1 aliphatic heterocycles. The monoisotopic (exact) mass is 505 g/mol. The van der Waals surface area contributed by atoms with Crippen LogP contribution in [0.15, 0.2) is 47.9 Å². The number of imide groups is 1. The lowest BCUT2D eigenvalue weighted by Crippen LogP contribution is -2.28. The van der Waals surface area contributed by atoms with Crippen molar-refractivity contribution in [3.8, 4) is 11.5 Å². The van der Waals surface area contributed by atoms with E-state index >= 15 is 0 Å². The van der Waals surface area contributed by atoms with Crippen molar-refractivity contribution in [1.29, 1.82) is 0 Å². The third-order valence-electron chi connectivity index (χ3n) is 4.82. The second kappa shape index (κ2) is 11.6. The lowest BCUT2D eigenvalue weighted by atomic mass is 10.0. The normalized spacial score (nSPS) is 14.8. The van der Waals surface area contributed by atoms with Gasteiger partial charge < -0.3 is 9.47 Å². The van der Waals surface area contributed by atoms with Crippen LogP contribution in [-0.2, 0) is 17.8 Å². The molecule has 0 atom stereocenters. The van der Waals surface area contributed by atoms with Crippen molar-refractivity contribution >= 4 is 52.2 Å². The SMILES string of the molecule is C=CCc1cc(/C=C2/SC(=O)N(CCC)C2=O)cc(OCC)c1OCc1ccc(Cl)cc1Cl. The molecule has 0 saturated carbocycles. The van der Waals surface area contributed by atoms with E-state index in [-0.39, 0.29) is 17.8 Å². The van der Waals surface area contributed by atoms with Gasteiger partial charge in [-0.25, -0.2) is 0 Å². The summed E-state index contributed by atoms with van der Waals surface area (Å²) in [7, 11) is 0. The molecule has 1 fully saturated rings. The van der Waals surface area contributed by atoms with Crippen molar-refractivity contribution in [2.45, 2.75) is 33.3 Å². The number of thioether (sulfide) groups is 1. The van der Waals surface area contributed by atoms with E-state index in [4.69, 9.17) is 32.7 Å². The lowest BCUT2D eigenvalue weighted by Gasteiger charge is -2.17. The molecule has 1 saturated heterocycles. The van der Waals surface area contributed by atoms with Crippen molar-refractivity contribution in [1.82, 2.24) is 4.90 Å². The first-order valence-electron chi connectivity index (χ1n) is 10.6. The number of halogens is 2. The van der Waals surface area contributed by atoms with E-state index in [9.17, 15) is 9.59 Å². The Balaban J connectivity index is 1.95. The van der Waals surface area contributed by atoms with Gasteiger partial charge >= 0.3 is 0 Å². The van der Waals surface area contributed by atoms with Crippen LogP contribution in [0.5, 0.6) is 11.5 Å². The maximum absolute atomic E-state index is 12.6. The second-order valence-electron chi connectivity index (χ2n) is 7.29. The van der Waals surface area contributed by atoms with Crippen LogP contribution in [0.4, 0.5) is 4.79 Å².